The van der Waals surface area contributed by atoms with E-state index in [9.17, 15) is 4.79 Å². The minimum Gasteiger partial charge on any atom is -0.478 e. The molecule has 4 heteroatoms. The average Bonchev–Trinajstić information content (AvgIpc) is 2.69. The molecule has 15 heavy (non-hydrogen) atoms. The number of hydrogen-bond acceptors (Lipinski definition) is 3. The van der Waals surface area contributed by atoms with Crippen molar-refractivity contribution in [3.8, 4) is 0 Å². The largest absolute Gasteiger partial charge is 0.478 e. The molecule has 1 fully saturated rings. The fraction of sp³-hybridized carbons (Fsp3) is 0.455. The molecule has 1 saturated heterocycles. The minimum absolute atomic E-state index is 0.347. The topological polar surface area (TPSA) is 53.4 Å². The standard InChI is InChI=1S/C11H14N2O2/c1-8-4-5-12-10(9(8)11(14)15)13-6-2-3-7-13/h4-5H,2-3,6-7H2,1H3,(H,14,15). The Morgan fingerprint density at radius 3 is 2.73 bits per heavy atom. The van der Waals surface area contributed by atoms with E-state index in [1.54, 1.807) is 12.3 Å². The molecule has 0 aromatic carbocycles. The van der Waals surface area contributed by atoms with Crippen LogP contribution in [0, 0.1) is 6.92 Å². The van der Waals surface area contributed by atoms with E-state index >= 15 is 0 Å². The van der Waals surface area contributed by atoms with Gasteiger partial charge in [-0.2, -0.15) is 0 Å². The Kier molecular flexibility index (Phi) is 2.58. The third-order valence-corrected chi connectivity index (χ3v) is 2.76. The third kappa shape index (κ3) is 1.79. The molecule has 1 aromatic rings. The van der Waals surface area contributed by atoms with Crippen molar-refractivity contribution in [2.45, 2.75) is 19.8 Å². The summed E-state index contributed by atoms with van der Waals surface area (Å²) in [5, 5.41) is 9.14. The number of rotatable bonds is 2. The van der Waals surface area contributed by atoms with Crippen LogP contribution >= 0.6 is 0 Å². The van der Waals surface area contributed by atoms with Gasteiger partial charge in [-0.15, -0.1) is 0 Å². The van der Waals surface area contributed by atoms with Gasteiger partial charge in [-0.3, -0.25) is 0 Å². The summed E-state index contributed by atoms with van der Waals surface area (Å²) < 4.78 is 0. The summed E-state index contributed by atoms with van der Waals surface area (Å²) in [7, 11) is 0. The molecule has 1 aliphatic heterocycles. The monoisotopic (exact) mass is 206 g/mol. The van der Waals surface area contributed by atoms with Gasteiger partial charge in [-0.25, -0.2) is 9.78 Å². The van der Waals surface area contributed by atoms with Crippen LogP contribution in [0.3, 0.4) is 0 Å². The predicted octanol–water partition coefficient (Wildman–Crippen LogP) is 1.69. The Morgan fingerprint density at radius 2 is 2.13 bits per heavy atom. The molecule has 0 aliphatic carbocycles. The van der Waals surface area contributed by atoms with Crippen LogP contribution in [0.25, 0.3) is 0 Å². The van der Waals surface area contributed by atoms with Crippen molar-refractivity contribution < 1.29 is 9.90 Å². The molecule has 0 saturated carbocycles. The molecule has 4 nitrogen and oxygen atoms in total. The van der Waals surface area contributed by atoms with Crippen molar-refractivity contribution in [3.63, 3.8) is 0 Å². The van der Waals surface area contributed by atoms with E-state index in [4.69, 9.17) is 5.11 Å². The molecule has 80 valence electrons. The van der Waals surface area contributed by atoms with Gasteiger partial charge in [0.1, 0.15) is 11.4 Å². The summed E-state index contributed by atoms with van der Waals surface area (Å²) in [6.45, 7) is 3.64. The lowest BCUT2D eigenvalue weighted by Gasteiger charge is -2.19. The van der Waals surface area contributed by atoms with E-state index in [0.717, 1.165) is 31.5 Å². The fourth-order valence-electron chi connectivity index (χ4n) is 1.98. The van der Waals surface area contributed by atoms with Crippen molar-refractivity contribution in [1.82, 2.24) is 4.98 Å². The molecule has 0 bridgehead atoms. The predicted molar refractivity (Wildman–Crippen MR) is 57.4 cm³/mol. The maximum atomic E-state index is 11.1. The van der Waals surface area contributed by atoms with Crippen molar-refractivity contribution in [2.24, 2.45) is 0 Å². The lowest BCUT2D eigenvalue weighted by atomic mass is 10.1. The Balaban J connectivity index is 2.45. The SMILES string of the molecule is Cc1ccnc(N2CCCC2)c1C(=O)O. The fourth-order valence-corrected chi connectivity index (χ4v) is 1.98. The van der Waals surface area contributed by atoms with Gasteiger partial charge in [0, 0.05) is 19.3 Å². The van der Waals surface area contributed by atoms with Crippen LogP contribution in [-0.2, 0) is 0 Å². The summed E-state index contributed by atoms with van der Waals surface area (Å²) in [6, 6.07) is 1.74. The van der Waals surface area contributed by atoms with Crippen LogP contribution in [0.1, 0.15) is 28.8 Å². The number of nitrogens with zero attached hydrogens (tertiary/aromatic N) is 2. The van der Waals surface area contributed by atoms with E-state index in [1.165, 1.54) is 0 Å². The maximum Gasteiger partial charge on any atom is 0.339 e. The molecule has 2 rings (SSSR count). The number of hydrogen-bond donors (Lipinski definition) is 1. The highest BCUT2D eigenvalue weighted by Crippen LogP contribution is 2.24. The first-order valence-electron chi connectivity index (χ1n) is 5.14. The van der Waals surface area contributed by atoms with Gasteiger partial charge in [-0.05, 0) is 31.4 Å². The zero-order valence-electron chi connectivity index (χ0n) is 8.73. The van der Waals surface area contributed by atoms with Crippen LogP contribution in [0.15, 0.2) is 12.3 Å². The average molecular weight is 206 g/mol. The van der Waals surface area contributed by atoms with Gasteiger partial charge >= 0.3 is 5.97 Å². The zero-order valence-corrected chi connectivity index (χ0v) is 8.73. The highest BCUT2D eigenvalue weighted by atomic mass is 16.4. The molecule has 0 spiro atoms. The van der Waals surface area contributed by atoms with E-state index in [1.807, 2.05) is 6.92 Å². The van der Waals surface area contributed by atoms with Crippen molar-refractivity contribution in [3.05, 3.63) is 23.4 Å². The highest BCUT2D eigenvalue weighted by molar-refractivity contribution is 5.95. The van der Waals surface area contributed by atoms with Crippen LogP contribution in [-0.4, -0.2) is 29.1 Å². The highest BCUT2D eigenvalue weighted by Gasteiger charge is 2.21. The van der Waals surface area contributed by atoms with Gasteiger partial charge < -0.3 is 10.0 Å². The number of carboxylic acid groups (broad SMARTS) is 1. The molecular weight excluding hydrogens is 192 g/mol. The van der Waals surface area contributed by atoms with Gasteiger partial charge in [0.25, 0.3) is 0 Å². The van der Waals surface area contributed by atoms with Crippen LogP contribution in [0.2, 0.25) is 0 Å². The number of aryl methyl sites for hydroxylation is 1. The Morgan fingerprint density at radius 1 is 1.47 bits per heavy atom. The lowest BCUT2D eigenvalue weighted by molar-refractivity contribution is 0.0696. The summed E-state index contributed by atoms with van der Waals surface area (Å²) in [5.41, 5.74) is 1.12. The van der Waals surface area contributed by atoms with Crippen molar-refractivity contribution >= 4 is 11.8 Å². The second-order valence-electron chi connectivity index (χ2n) is 3.83. The number of anilines is 1. The first kappa shape index (κ1) is 9.96. The number of carbonyl (C=O) groups is 1. The van der Waals surface area contributed by atoms with Gasteiger partial charge in [0.15, 0.2) is 0 Å². The van der Waals surface area contributed by atoms with Crippen LogP contribution < -0.4 is 4.90 Å². The molecule has 0 unspecified atom stereocenters. The first-order valence-corrected chi connectivity index (χ1v) is 5.14. The summed E-state index contributed by atoms with van der Waals surface area (Å²) >= 11 is 0. The molecule has 1 aliphatic rings. The Bertz CT molecular complexity index is 384. The lowest BCUT2D eigenvalue weighted by Crippen LogP contribution is -2.22. The number of aromatic nitrogens is 1. The molecule has 0 radical (unpaired) electrons. The van der Waals surface area contributed by atoms with Crippen molar-refractivity contribution in [2.75, 3.05) is 18.0 Å². The van der Waals surface area contributed by atoms with E-state index in [-0.39, 0.29) is 0 Å². The number of carboxylic acids is 1. The summed E-state index contributed by atoms with van der Waals surface area (Å²) in [4.78, 5) is 17.4. The summed E-state index contributed by atoms with van der Waals surface area (Å²) in [6.07, 6.45) is 3.92. The quantitative estimate of drug-likeness (QED) is 0.800. The second-order valence-corrected chi connectivity index (χ2v) is 3.83. The van der Waals surface area contributed by atoms with Crippen LogP contribution in [0.4, 0.5) is 5.82 Å². The van der Waals surface area contributed by atoms with Gasteiger partial charge in [-0.1, -0.05) is 0 Å². The smallest absolute Gasteiger partial charge is 0.339 e. The molecule has 1 N–H and O–H groups in total. The third-order valence-electron chi connectivity index (χ3n) is 2.76. The minimum atomic E-state index is -0.887. The van der Waals surface area contributed by atoms with E-state index in [2.05, 4.69) is 9.88 Å². The Labute approximate surface area is 88.6 Å². The normalized spacial score (nSPS) is 15.7. The van der Waals surface area contributed by atoms with Gasteiger partial charge in [0.05, 0.1) is 0 Å². The second kappa shape index (κ2) is 3.88. The summed E-state index contributed by atoms with van der Waals surface area (Å²) in [5.74, 6) is -0.262. The molecule has 1 aromatic heterocycles. The Hall–Kier alpha value is -1.58. The zero-order chi connectivity index (χ0) is 10.8. The molecule has 0 atom stereocenters. The van der Waals surface area contributed by atoms with Crippen molar-refractivity contribution in [1.29, 1.82) is 0 Å². The maximum absolute atomic E-state index is 11.1. The van der Waals surface area contributed by atoms with E-state index in [0.29, 0.717) is 11.4 Å². The molecule has 0 amide bonds. The number of pyridine rings is 1. The van der Waals surface area contributed by atoms with E-state index < -0.39 is 5.97 Å². The number of aromatic carboxylic acids is 1. The molecular formula is C11H14N2O2. The van der Waals surface area contributed by atoms with Crippen LogP contribution in [0.5, 0.6) is 0 Å². The van der Waals surface area contributed by atoms with Gasteiger partial charge in [0.2, 0.25) is 0 Å². The first-order chi connectivity index (χ1) is 7.20. The molecule has 2 heterocycles.